The number of hydrogen-bond acceptors (Lipinski definition) is 1. The molecule has 1 atom stereocenters. The van der Waals surface area contributed by atoms with E-state index in [1.807, 2.05) is 46.9 Å². The average Bonchev–Trinajstić information content (AvgIpc) is 2.33. The number of halogens is 2. The highest BCUT2D eigenvalue weighted by Crippen LogP contribution is 2.25. The first kappa shape index (κ1) is 18.1. The van der Waals surface area contributed by atoms with Crippen LogP contribution in [0, 0.1) is 0 Å². The van der Waals surface area contributed by atoms with E-state index in [0.717, 1.165) is 5.56 Å². The summed E-state index contributed by atoms with van der Waals surface area (Å²) in [6.45, 7) is 10.1. The Morgan fingerprint density at radius 3 is 1.94 bits per heavy atom. The molecule has 3 heteroatoms. The maximum atomic E-state index is 5.98. The van der Waals surface area contributed by atoms with Gasteiger partial charge in [-0.2, -0.15) is 0 Å². The van der Waals surface area contributed by atoms with E-state index in [2.05, 4.69) is 12.2 Å². The summed E-state index contributed by atoms with van der Waals surface area (Å²) < 4.78 is 0. The van der Waals surface area contributed by atoms with Crippen molar-refractivity contribution in [3.63, 3.8) is 0 Å². The van der Waals surface area contributed by atoms with Crippen molar-refractivity contribution in [2.24, 2.45) is 0 Å². The van der Waals surface area contributed by atoms with Crippen LogP contribution in [0.3, 0.4) is 0 Å². The summed E-state index contributed by atoms with van der Waals surface area (Å²) in [7, 11) is 1.90. The largest absolute Gasteiger partial charge is 0.313 e. The van der Waals surface area contributed by atoms with E-state index in [1.54, 1.807) is 6.07 Å². The van der Waals surface area contributed by atoms with Gasteiger partial charge >= 0.3 is 0 Å². The molecule has 0 aromatic heterocycles. The van der Waals surface area contributed by atoms with Crippen LogP contribution in [0.1, 0.15) is 46.2 Å². The lowest BCUT2D eigenvalue weighted by Crippen LogP contribution is -2.12. The summed E-state index contributed by atoms with van der Waals surface area (Å²) in [6.07, 6.45) is 0. The fourth-order valence-electron chi connectivity index (χ4n) is 1.01. The molecular formula is C13H23Cl2N. The molecule has 0 saturated heterocycles. The zero-order chi connectivity index (χ0) is 13.1. The Kier molecular flexibility index (Phi) is 12.8. The van der Waals surface area contributed by atoms with Gasteiger partial charge in [0.15, 0.2) is 0 Å². The minimum atomic E-state index is 0.259. The first-order chi connectivity index (χ1) is 7.65. The molecule has 1 N–H and O–H groups in total. The highest BCUT2D eigenvalue weighted by Gasteiger charge is 2.06. The molecule has 0 bridgehead atoms. The van der Waals surface area contributed by atoms with Gasteiger partial charge in [0.1, 0.15) is 0 Å². The van der Waals surface area contributed by atoms with Crippen molar-refractivity contribution >= 4 is 23.2 Å². The molecule has 0 saturated carbocycles. The second kappa shape index (κ2) is 11.3. The molecule has 0 aliphatic carbocycles. The Balaban J connectivity index is 0. The molecule has 1 aromatic rings. The normalized spacial score (nSPS) is 10.5. The van der Waals surface area contributed by atoms with Crippen molar-refractivity contribution in [2.45, 2.75) is 40.7 Å². The van der Waals surface area contributed by atoms with Crippen molar-refractivity contribution in [2.75, 3.05) is 7.05 Å². The van der Waals surface area contributed by atoms with Crippen LogP contribution in [0.5, 0.6) is 0 Å². The zero-order valence-corrected chi connectivity index (χ0v) is 12.6. The van der Waals surface area contributed by atoms with E-state index in [-0.39, 0.29) is 6.04 Å². The lowest BCUT2D eigenvalue weighted by Gasteiger charge is -2.12. The summed E-state index contributed by atoms with van der Waals surface area (Å²) in [5, 5.41) is 4.50. The van der Waals surface area contributed by atoms with Gasteiger partial charge < -0.3 is 5.32 Å². The number of nitrogens with one attached hydrogen (secondary N) is 1. The Hall–Kier alpha value is -0.240. The summed E-state index contributed by atoms with van der Waals surface area (Å²) in [5.41, 5.74) is 1.07. The molecule has 1 aromatic carbocycles. The van der Waals surface area contributed by atoms with E-state index in [9.17, 15) is 0 Å². The van der Waals surface area contributed by atoms with Crippen LogP contribution in [0.2, 0.25) is 10.0 Å². The minimum Gasteiger partial charge on any atom is -0.313 e. The van der Waals surface area contributed by atoms with Crippen LogP contribution >= 0.6 is 23.2 Å². The SMILES string of the molecule is CC.CC.CNC(C)c1ccc(Cl)cc1Cl. The van der Waals surface area contributed by atoms with Crippen molar-refractivity contribution in [1.82, 2.24) is 5.32 Å². The summed E-state index contributed by atoms with van der Waals surface area (Å²) in [5.74, 6) is 0. The Morgan fingerprint density at radius 2 is 1.56 bits per heavy atom. The summed E-state index contributed by atoms with van der Waals surface area (Å²) >= 11 is 11.7. The lowest BCUT2D eigenvalue weighted by molar-refractivity contribution is 0.652. The van der Waals surface area contributed by atoms with Crippen LogP contribution in [0.25, 0.3) is 0 Å². The third-order valence-electron chi connectivity index (χ3n) is 1.86. The standard InChI is InChI=1S/C9H11Cl2N.2C2H6/c1-6(12-2)8-4-3-7(10)5-9(8)11;2*1-2/h3-6,12H,1-2H3;2*1-2H3. The zero-order valence-electron chi connectivity index (χ0n) is 11.1. The molecule has 0 aliphatic heterocycles. The molecule has 0 amide bonds. The van der Waals surface area contributed by atoms with Crippen molar-refractivity contribution in [1.29, 1.82) is 0 Å². The molecular weight excluding hydrogens is 241 g/mol. The molecule has 0 aliphatic rings. The van der Waals surface area contributed by atoms with Gasteiger partial charge in [-0.25, -0.2) is 0 Å². The van der Waals surface area contributed by atoms with Gasteiger partial charge in [0.25, 0.3) is 0 Å². The third kappa shape index (κ3) is 6.37. The quantitative estimate of drug-likeness (QED) is 0.761. The maximum Gasteiger partial charge on any atom is 0.0468 e. The van der Waals surface area contributed by atoms with Crippen LogP contribution < -0.4 is 5.32 Å². The minimum absolute atomic E-state index is 0.259. The van der Waals surface area contributed by atoms with Gasteiger partial charge in [-0.3, -0.25) is 0 Å². The van der Waals surface area contributed by atoms with Crippen LogP contribution in [-0.2, 0) is 0 Å². The average molecular weight is 264 g/mol. The second-order valence-corrected chi connectivity index (χ2v) is 3.52. The van der Waals surface area contributed by atoms with E-state index in [0.29, 0.717) is 10.0 Å². The van der Waals surface area contributed by atoms with Gasteiger partial charge in [0.2, 0.25) is 0 Å². The van der Waals surface area contributed by atoms with E-state index < -0.39 is 0 Å². The smallest absolute Gasteiger partial charge is 0.0468 e. The Labute approximate surface area is 110 Å². The molecule has 0 heterocycles. The van der Waals surface area contributed by atoms with E-state index in [1.165, 1.54) is 0 Å². The number of hydrogen-bond donors (Lipinski definition) is 1. The van der Waals surface area contributed by atoms with Crippen LogP contribution in [0.4, 0.5) is 0 Å². The summed E-state index contributed by atoms with van der Waals surface area (Å²) in [6, 6.07) is 5.80. The topological polar surface area (TPSA) is 12.0 Å². The van der Waals surface area contributed by atoms with Gasteiger partial charge in [-0.05, 0) is 31.7 Å². The third-order valence-corrected chi connectivity index (χ3v) is 2.42. The first-order valence-corrected chi connectivity index (χ1v) is 6.53. The Bertz CT molecular complexity index is 275. The molecule has 1 unspecified atom stereocenters. The van der Waals surface area contributed by atoms with Crippen molar-refractivity contribution in [3.8, 4) is 0 Å². The highest BCUT2D eigenvalue weighted by atomic mass is 35.5. The second-order valence-electron chi connectivity index (χ2n) is 2.68. The van der Waals surface area contributed by atoms with Gasteiger partial charge in [0, 0.05) is 16.1 Å². The van der Waals surface area contributed by atoms with Gasteiger partial charge in [-0.1, -0.05) is 57.0 Å². The van der Waals surface area contributed by atoms with E-state index in [4.69, 9.17) is 23.2 Å². The van der Waals surface area contributed by atoms with Gasteiger partial charge in [-0.15, -0.1) is 0 Å². The van der Waals surface area contributed by atoms with Crippen LogP contribution in [0.15, 0.2) is 18.2 Å². The van der Waals surface area contributed by atoms with Crippen molar-refractivity contribution < 1.29 is 0 Å². The highest BCUT2D eigenvalue weighted by molar-refractivity contribution is 6.35. The lowest BCUT2D eigenvalue weighted by atomic mass is 10.1. The van der Waals surface area contributed by atoms with Gasteiger partial charge in [0.05, 0.1) is 0 Å². The molecule has 94 valence electrons. The molecule has 0 radical (unpaired) electrons. The fourth-order valence-corrected chi connectivity index (χ4v) is 1.58. The monoisotopic (exact) mass is 263 g/mol. The molecule has 0 spiro atoms. The predicted octanol–water partition coefficient (Wildman–Crippen LogP) is 5.33. The molecule has 16 heavy (non-hydrogen) atoms. The molecule has 1 rings (SSSR count). The Morgan fingerprint density at radius 1 is 1.06 bits per heavy atom. The number of rotatable bonds is 2. The predicted molar refractivity (Wildman–Crippen MR) is 76.6 cm³/mol. The molecule has 0 fully saturated rings. The van der Waals surface area contributed by atoms with E-state index >= 15 is 0 Å². The van der Waals surface area contributed by atoms with Crippen molar-refractivity contribution in [3.05, 3.63) is 33.8 Å². The van der Waals surface area contributed by atoms with Crippen LogP contribution in [-0.4, -0.2) is 7.05 Å². The summed E-state index contributed by atoms with van der Waals surface area (Å²) in [4.78, 5) is 0. The number of benzene rings is 1. The fraction of sp³-hybridized carbons (Fsp3) is 0.538. The first-order valence-electron chi connectivity index (χ1n) is 5.77. The maximum absolute atomic E-state index is 5.98. The molecule has 1 nitrogen and oxygen atoms in total.